The van der Waals surface area contributed by atoms with Gasteiger partial charge in [0.25, 0.3) is 0 Å². The minimum Gasteiger partial charge on any atom is -0.378 e. The summed E-state index contributed by atoms with van der Waals surface area (Å²) in [6.45, 7) is 2.51. The molecule has 0 aliphatic carbocycles. The van der Waals surface area contributed by atoms with Gasteiger partial charge in [-0.25, -0.2) is 8.78 Å². The molecule has 2 fully saturated rings. The van der Waals surface area contributed by atoms with E-state index in [1.54, 1.807) is 4.90 Å². The van der Waals surface area contributed by atoms with Crippen molar-refractivity contribution in [3.63, 3.8) is 0 Å². The molecule has 0 saturated carbocycles. The summed E-state index contributed by atoms with van der Waals surface area (Å²) in [5.41, 5.74) is 5.47. The van der Waals surface area contributed by atoms with Gasteiger partial charge in [0.05, 0.1) is 17.7 Å². The number of carbonyl (C=O) groups is 2. The summed E-state index contributed by atoms with van der Waals surface area (Å²) in [6.07, 6.45) is 2.51. The molecule has 0 aromatic heterocycles. The van der Waals surface area contributed by atoms with Gasteiger partial charge in [0, 0.05) is 38.7 Å². The smallest absolute Gasteiger partial charge is 0.228 e. The van der Waals surface area contributed by atoms with Crippen molar-refractivity contribution in [2.24, 2.45) is 11.7 Å². The van der Waals surface area contributed by atoms with Crippen LogP contribution >= 0.6 is 0 Å². The second-order valence-electron chi connectivity index (χ2n) is 7.04. The second-order valence-corrected chi connectivity index (χ2v) is 7.04. The van der Waals surface area contributed by atoms with E-state index in [0.717, 1.165) is 31.4 Å². The monoisotopic (exact) mass is 381 g/mol. The molecular weight excluding hydrogens is 356 g/mol. The Morgan fingerprint density at radius 1 is 1.26 bits per heavy atom. The summed E-state index contributed by atoms with van der Waals surface area (Å²) in [7, 11) is 0. The van der Waals surface area contributed by atoms with Gasteiger partial charge in [0.15, 0.2) is 0 Å². The molecule has 2 N–H and O–H groups in total. The Hall–Kier alpha value is -2.06. The summed E-state index contributed by atoms with van der Waals surface area (Å²) in [6, 6.07) is 3.09. The van der Waals surface area contributed by atoms with Crippen LogP contribution in [0, 0.1) is 17.6 Å². The average Bonchev–Trinajstić information content (AvgIpc) is 3.03. The van der Waals surface area contributed by atoms with Gasteiger partial charge in [0.2, 0.25) is 11.8 Å². The Morgan fingerprint density at radius 2 is 2.00 bits per heavy atom. The van der Waals surface area contributed by atoms with Crippen LogP contribution < -0.4 is 10.6 Å². The third kappa shape index (κ3) is 4.62. The van der Waals surface area contributed by atoms with E-state index >= 15 is 0 Å². The Kier molecular flexibility index (Phi) is 6.38. The number of nitrogens with zero attached hydrogens (tertiary/aromatic N) is 2. The van der Waals surface area contributed by atoms with E-state index in [1.807, 2.05) is 0 Å². The SMILES string of the molecule is NCCCOC1CCN(C(=O)[C@@H]2CC(=O)N(c3ccc(F)cc3F)C2)CC1. The number of hydrogen-bond acceptors (Lipinski definition) is 4. The van der Waals surface area contributed by atoms with Gasteiger partial charge in [-0.2, -0.15) is 0 Å². The van der Waals surface area contributed by atoms with Gasteiger partial charge in [-0.05, 0) is 37.9 Å². The molecule has 2 amide bonds. The second kappa shape index (κ2) is 8.75. The number of halogens is 2. The van der Waals surface area contributed by atoms with Crippen molar-refractivity contribution in [3.05, 3.63) is 29.8 Å². The predicted molar refractivity (Wildman–Crippen MR) is 96.0 cm³/mol. The topological polar surface area (TPSA) is 75.9 Å². The van der Waals surface area contributed by atoms with Crippen LogP contribution in [0.2, 0.25) is 0 Å². The van der Waals surface area contributed by atoms with E-state index in [4.69, 9.17) is 10.5 Å². The van der Waals surface area contributed by atoms with Crippen LogP contribution in [0.25, 0.3) is 0 Å². The average molecular weight is 381 g/mol. The summed E-state index contributed by atoms with van der Waals surface area (Å²) >= 11 is 0. The van der Waals surface area contributed by atoms with Gasteiger partial charge in [-0.1, -0.05) is 0 Å². The van der Waals surface area contributed by atoms with Crippen molar-refractivity contribution < 1.29 is 23.1 Å². The standard InChI is InChI=1S/C19H25F2N3O3/c20-14-2-3-17(16(21)11-14)24-12-13(10-18(24)25)19(26)23-7-4-15(5-8-23)27-9-1-6-22/h2-3,11,13,15H,1,4-10,12,22H2/t13-/m1/s1. The molecule has 2 aliphatic heterocycles. The van der Waals surface area contributed by atoms with Crippen molar-refractivity contribution in [2.45, 2.75) is 31.8 Å². The molecule has 1 aromatic carbocycles. The fourth-order valence-corrected chi connectivity index (χ4v) is 3.64. The lowest BCUT2D eigenvalue weighted by atomic mass is 10.0. The van der Waals surface area contributed by atoms with E-state index in [0.29, 0.717) is 26.2 Å². The molecule has 1 aromatic rings. The zero-order valence-corrected chi connectivity index (χ0v) is 15.2. The molecule has 8 heteroatoms. The molecule has 0 radical (unpaired) electrons. The molecule has 0 unspecified atom stereocenters. The zero-order chi connectivity index (χ0) is 19.4. The minimum atomic E-state index is -0.799. The lowest BCUT2D eigenvalue weighted by molar-refractivity contribution is -0.138. The maximum absolute atomic E-state index is 14.0. The molecule has 0 spiro atoms. The maximum atomic E-state index is 14.0. The largest absolute Gasteiger partial charge is 0.378 e. The third-order valence-electron chi connectivity index (χ3n) is 5.13. The van der Waals surface area contributed by atoms with Crippen molar-refractivity contribution in [1.82, 2.24) is 4.90 Å². The summed E-state index contributed by atoms with van der Waals surface area (Å²) in [5.74, 6) is -2.41. The van der Waals surface area contributed by atoms with Gasteiger partial charge < -0.3 is 20.3 Å². The number of hydrogen-bond donors (Lipinski definition) is 1. The predicted octanol–water partition coefficient (Wildman–Crippen LogP) is 1.67. The Balaban J connectivity index is 1.55. The fraction of sp³-hybridized carbons (Fsp3) is 0.579. The van der Waals surface area contributed by atoms with Crippen LogP contribution in [0.1, 0.15) is 25.7 Å². The highest BCUT2D eigenvalue weighted by molar-refractivity contribution is 6.00. The number of nitrogens with two attached hydrogens (primary N) is 1. The fourth-order valence-electron chi connectivity index (χ4n) is 3.64. The number of ether oxygens (including phenoxy) is 1. The highest BCUT2D eigenvalue weighted by atomic mass is 19.1. The first kappa shape index (κ1) is 19.7. The highest BCUT2D eigenvalue weighted by Crippen LogP contribution is 2.29. The molecular formula is C19H25F2N3O3. The van der Waals surface area contributed by atoms with Crippen LogP contribution in [0.15, 0.2) is 18.2 Å². The highest BCUT2D eigenvalue weighted by Gasteiger charge is 2.39. The lowest BCUT2D eigenvalue weighted by Gasteiger charge is -2.33. The first-order valence-corrected chi connectivity index (χ1v) is 9.35. The van der Waals surface area contributed by atoms with Crippen molar-refractivity contribution in [2.75, 3.05) is 37.7 Å². The molecule has 0 bridgehead atoms. The molecule has 2 aliphatic rings. The van der Waals surface area contributed by atoms with Gasteiger partial charge in [-0.15, -0.1) is 0 Å². The van der Waals surface area contributed by atoms with E-state index in [9.17, 15) is 18.4 Å². The molecule has 1 atom stereocenters. The first-order chi connectivity index (χ1) is 13.0. The number of benzene rings is 1. The molecule has 3 rings (SSSR count). The van der Waals surface area contributed by atoms with E-state index in [1.165, 1.54) is 11.0 Å². The number of likely N-dealkylation sites (tertiary alicyclic amines) is 1. The molecule has 6 nitrogen and oxygen atoms in total. The first-order valence-electron chi connectivity index (χ1n) is 9.35. The van der Waals surface area contributed by atoms with Gasteiger partial charge in [-0.3, -0.25) is 9.59 Å². The van der Waals surface area contributed by atoms with Crippen LogP contribution in [0.4, 0.5) is 14.5 Å². The molecule has 2 heterocycles. The molecule has 2 saturated heterocycles. The number of amides is 2. The number of rotatable bonds is 6. The molecule has 148 valence electrons. The quantitative estimate of drug-likeness (QED) is 0.761. The maximum Gasteiger partial charge on any atom is 0.228 e. The van der Waals surface area contributed by atoms with Crippen molar-refractivity contribution in [1.29, 1.82) is 0 Å². The third-order valence-corrected chi connectivity index (χ3v) is 5.13. The van der Waals surface area contributed by atoms with Gasteiger partial charge in [0.1, 0.15) is 11.6 Å². The lowest BCUT2D eigenvalue weighted by Crippen LogP contribution is -2.44. The van der Waals surface area contributed by atoms with Crippen LogP contribution in [0.3, 0.4) is 0 Å². The Morgan fingerprint density at radius 3 is 2.67 bits per heavy atom. The number of anilines is 1. The number of carbonyl (C=O) groups excluding carboxylic acids is 2. The Labute approximate surface area is 157 Å². The van der Waals surface area contributed by atoms with Crippen molar-refractivity contribution in [3.8, 4) is 0 Å². The van der Waals surface area contributed by atoms with E-state index in [2.05, 4.69) is 0 Å². The number of piperidine rings is 1. The summed E-state index contributed by atoms with van der Waals surface area (Å²) in [5, 5.41) is 0. The van der Waals surface area contributed by atoms with E-state index in [-0.39, 0.29) is 36.6 Å². The Bertz CT molecular complexity index is 693. The van der Waals surface area contributed by atoms with Gasteiger partial charge >= 0.3 is 0 Å². The van der Waals surface area contributed by atoms with Crippen LogP contribution in [-0.2, 0) is 14.3 Å². The van der Waals surface area contributed by atoms with E-state index < -0.39 is 17.6 Å². The van der Waals surface area contributed by atoms with Crippen LogP contribution in [-0.4, -0.2) is 55.6 Å². The van der Waals surface area contributed by atoms with Crippen molar-refractivity contribution >= 4 is 17.5 Å². The summed E-state index contributed by atoms with van der Waals surface area (Å²) < 4.78 is 32.8. The summed E-state index contributed by atoms with van der Waals surface area (Å²) in [4.78, 5) is 28.0. The van der Waals surface area contributed by atoms with Crippen LogP contribution in [0.5, 0.6) is 0 Å². The molecule has 27 heavy (non-hydrogen) atoms. The zero-order valence-electron chi connectivity index (χ0n) is 15.2. The normalized spacial score (nSPS) is 21.1. The minimum absolute atomic E-state index is 0.0173.